The fourth-order valence-corrected chi connectivity index (χ4v) is 2.98. The average Bonchev–Trinajstić information content (AvgIpc) is 3.40. The van der Waals surface area contributed by atoms with Gasteiger partial charge >= 0.3 is 5.97 Å². The highest BCUT2D eigenvalue weighted by atomic mass is 19.1. The topological polar surface area (TPSA) is 66.8 Å². The van der Waals surface area contributed by atoms with Crippen LogP contribution in [0.25, 0.3) is 0 Å². The van der Waals surface area contributed by atoms with E-state index in [9.17, 15) is 14.0 Å². The zero-order valence-corrected chi connectivity index (χ0v) is 13.5. The molecule has 1 aromatic rings. The first kappa shape index (κ1) is 16.9. The third-order valence-electron chi connectivity index (χ3n) is 4.66. The van der Waals surface area contributed by atoms with Gasteiger partial charge in [0, 0.05) is 30.8 Å². The predicted molar refractivity (Wildman–Crippen MR) is 85.0 cm³/mol. The Morgan fingerprint density at radius 3 is 2.79 bits per heavy atom. The van der Waals surface area contributed by atoms with Crippen molar-refractivity contribution in [3.8, 4) is 0 Å². The first-order chi connectivity index (χ1) is 11.5. The molecule has 3 rings (SSSR count). The SMILES string of the molecule is O=C(O)C1CCCN(C(=O)c2ccc(F)c(COCC3CC3)c2)C1. The molecule has 1 aliphatic carbocycles. The minimum Gasteiger partial charge on any atom is -0.481 e. The molecule has 1 heterocycles. The van der Waals surface area contributed by atoms with E-state index in [2.05, 4.69) is 0 Å². The minimum atomic E-state index is -0.874. The molecule has 0 spiro atoms. The van der Waals surface area contributed by atoms with Crippen molar-refractivity contribution in [1.29, 1.82) is 0 Å². The molecule has 1 N–H and O–H groups in total. The van der Waals surface area contributed by atoms with E-state index < -0.39 is 11.9 Å². The lowest BCUT2D eigenvalue weighted by Crippen LogP contribution is -2.42. The van der Waals surface area contributed by atoms with E-state index in [-0.39, 0.29) is 24.9 Å². The summed E-state index contributed by atoms with van der Waals surface area (Å²) in [5, 5.41) is 9.13. The highest BCUT2D eigenvalue weighted by Crippen LogP contribution is 2.29. The standard InChI is InChI=1S/C18H22FNO4/c19-16-6-5-13(8-15(16)11-24-10-12-3-4-12)17(21)20-7-1-2-14(9-20)18(22)23/h5-6,8,12,14H,1-4,7,9-11H2,(H,22,23). The van der Waals surface area contributed by atoms with Crippen LogP contribution in [0.1, 0.15) is 41.6 Å². The lowest BCUT2D eigenvalue weighted by Gasteiger charge is -2.30. The molecule has 0 bridgehead atoms. The van der Waals surface area contributed by atoms with Crippen molar-refractivity contribution >= 4 is 11.9 Å². The van der Waals surface area contributed by atoms with E-state index in [1.165, 1.54) is 31.0 Å². The molecule has 1 saturated carbocycles. The van der Waals surface area contributed by atoms with Gasteiger partial charge in [-0.3, -0.25) is 9.59 Å². The highest BCUT2D eigenvalue weighted by Gasteiger charge is 2.29. The van der Waals surface area contributed by atoms with Crippen LogP contribution in [-0.2, 0) is 16.1 Å². The van der Waals surface area contributed by atoms with Crippen LogP contribution in [0.4, 0.5) is 4.39 Å². The van der Waals surface area contributed by atoms with Crippen LogP contribution < -0.4 is 0 Å². The number of carbonyl (C=O) groups is 2. The van der Waals surface area contributed by atoms with Crippen LogP contribution in [0.3, 0.4) is 0 Å². The molecule has 1 amide bonds. The van der Waals surface area contributed by atoms with Crippen molar-refractivity contribution in [2.24, 2.45) is 11.8 Å². The fraction of sp³-hybridized carbons (Fsp3) is 0.556. The molecule has 1 unspecified atom stereocenters. The van der Waals surface area contributed by atoms with E-state index in [1.807, 2.05) is 0 Å². The molecule has 2 fully saturated rings. The molecule has 24 heavy (non-hydrogen) atoms. The van der Waals surface area contributed by atoms with Crippen molar-refractivity contribution < 1.29 is 23.8 Å². The van der Waals surface area contributed by atoms with Gasteiger partial charge in [0.25, 0.3) is 5.91 Å². The van der Waals surface area contributed by atoms with Gasteiger partial charge in [-0.2, -0.15) is 0 Å². The number of piperidine rings is 1. The average molecular weight is 335 g/mol. The summed E-state index contributed by atoms with van der Waals surface area (Å²) < 4.78 is 19.4. The molecule has 1 aromatic carbocycles. The number of ether oxygens (including phenoxy) is 1. The van der Waals surface area contributed by atoms with Gasteiger partial charge in [-0.1, -0.05) is 0 Å². The summed E-state index contributed by atoms with van der Waals surface area (Å²) in [7, 11) is 0. The Bertz CT molecular complexity index is 629. The monoisotopic (exact) mass is 335 g/mol. The van der Waals surface area contributed by atoms with Crippen molar-refractivity contribution in [2.45, 2.75) is 32.3 Å². The lowest BCUT2D eigenvalue weighted by molar-refractivity contribution is -0.143. The van der Waals surface area contributed by atoms with Crippen LogP contribution in [0.2, 0.25) is 0 Å². The Morgan fingerprint density at radius 1 is 1.29 bits per heavy atom. The van der Waals surface area contributed by atoms with E-state index in [4.69, 9.17) is 9.84 Å². The number of nitrogens with zero attached hydrogens (tertiary/aromatic N) is 1. The Balaban J connectivity index is 1.66. The molecular formula is C18H22FNO4. The van der Waals surface area contributed by atoms with Crippen molar-refractivity contribution in [3.63, 3.8) is 0 Å². The number of rotatable bonds is 6. The maximum atomic E-state index is 13.9. The van der Waals surface area contributed by atoms with Crippen molar-refractivity contribution in [2.75, 3.05) is 19.7 Å². The number of hydrogen-bond acceptors (Lipinski definition) is 3. The van der Waals surface area contributed by atoms with Gasteiger partial charge < -0.3 is 14.7 Å². The Hall–Kier alpha value is -1.95. The minimum absolute atomic E-state index is 0.154. The summed E-state index contributed by atoms with van der Waals surface area (Å²) in [5.41, 5.74) is 0.751. The van der Waals surface area contributed by atoms with Crippen molar-refractivity contribution in [3.05, 3.63) is 35.1 Å². The molecule has 1 atom stereocenters. The van der Waals surface area contributed by atoms with Crippen LogP contribution >= 0.6 is 0 Å². The van der Waals surface area contributed by atoms with E-state index in [0.717, 1.165) is 0 Å². The number of halogens is 1. The normalized spacial score (nSPS) is 20.9. The number of hydrogen-bond donors (Lipinski definition) is 1. The highest BCUT2D eigenvalue weighted by molar-refractivity contribution is 5.94. The van der Waals surface area contributed by atoms with Gasteiger partial charge in [0.05, 0.1) is 12.5 Å². The first-order valence-electron chi connectivity index (χ1n) is 8.43. The zero-order chi connectivity index (χ0) is 17.1. The van der Waals surface area contributed by atoms with E-state index in [1.54, 1.807) is 4.90 Å². The second-order valence-corrected chi connectivity index (χ2v) is 6.69. The molecule has 6 heteroatoms. The summed E-state index contributed by atoms with van der Waals surface area (Å²) in [5.74, 6) is -1.43. The number of carboxylic acids is 1. The smallest absolute Gasteiger partial charge is 0.308 e. The molecular weight excluding hydrogens is 313 g/mol. The van der Waals surface area contributed by atoms with Gasteiger partial charge in [-0.25, -0.2) is 4.39 Å². The number of amides is 1. The largest absolute Gasteiger partial charge is 0.481 e. The molecule has 130 valence electrons. The van der Waals surface area contributed by atoms with E-state index >= 15 is 0 Å². The van der Waals surface area contributed by atoms with Crippen LogP contribution in [0.5, 0.6) is 0 Å². The number of carbonyl (C=O) groups excluding carboxylic acids is 1. The van der Waals surface area contributed by atoms with Gasteiger partial charge in [-0.05, 0) is 49.8 Å². The summed E-state index contributed by atoms with van der Waals surface area (Å²) in [6.45, 7) is 1.53. The van der Waals surface area contributed by atoms with Gasteiger partial charge in [-0.15, -0.1) is 0 Å². The summed E-state index contributed by atoms with van der Waals surface area (Å²) in [4.78, 5) is 25.3. The first-order valence-corrected chi connectivity index (χ1v) is 8.43. The number of likely N-dealkylation sites (tertiary alicyclic amines) is 1. The van der Waals surface area contributed by atoms with Crippen molar-refractivity contribution in [1.82, 2.24) is 4.90 Å². The maximum absolute atomic E-state index is 13.9. The second kappa shape index (κ2) is 7.30. The van der Waals surface area contributed by atoms with E-state index in [0.29, 0.717) is 43.0 Å². The third kappa shape index (κ3) is 4.12. The molecule has 5 nitrogen and oxygen atoms in total. The van der Waals surface area contributed by atoms with Gasteiger partial charge in [0.2, 0.25) is 0 Å². The molecule has 2 aliphatic rings. The maximum Gasteiger partial charge on any atom is 0.308 e. The molecule has 0 aromatic heterocycles. The lowest BCUT2D eigenvalue weighted by atomic mass is 9.97. The van der Waals surface area contributed by atoms with Crippen LogP contribution in [-0.4, -0.2) is 41.6 Å². The third-order valence-corrected chi connectivity index (χ3v) is 4.66. The Morgan fingerprint density at radius 2 is 2.08 bits per heavy atom. The van der Waals surface area contributed by atoms with Gasteiger partial charge in [0.15, 0.2) is 0 Å². The quantitative estimate of drug-likeness (QED) is 0.868. The molecule has 1 aliphatic heterocycles. The van der Waals surface area contributed by atoms with Crippen LogP contribution in [0, 0.1) is 17.7 Å². The molecule has 1 saturated heterocycles. The number of aliphatic carboxylic acids is 1. The van der Waals surface area contributed by atoms with Gasteiger partial charge in [0.1, 0.15) is 5.82 Å². The summed E-state index contributed by atoms with van der Waals surface area (Å²) >= 11 is 0. The molecule has 0 radical (unpaired) electrons. The number of carboxylic acid groups (broad SMARTS) is 1. The summed E-state index contributed by atoms with van der Waals surface area (Å²) in [6, 6.07) is 4.25. The second-order valence-electron chi connectivity index (χ2n) is 6.69. The van der Waals surface area contributed by atoms with Crippen LogP contribution in [0.15, 0.2) is 18.2 Å². The fourth-order valence-electron chi connectivity index (χ4n) is 2.98. The summed E-state index contributed by atoms with van der Waals surface area (Å²) in [6.07, 6.45) is 3.59. The zero-order valence-electron chi connectivity index (χ0n) is 13.5. The predicted octanol–water partition coefficient (Wildman–Crippen LogP) is 2.69. The Kier molecular flexibility index (Phi) is 5.14. The number of benzene rings is 1. The Labute approximate surface area is 140 Å².